The third kappa shape index (κ3) is 5.33. The predicted molar refractivity (Wildman–Crippen MR) is 130 cm³/mol. The number of benzene rings is 2. The lowest BCUT2D eigenvalue weighted by atomic mass is 10.1. The van der Waals surface area contributed by atoms with E-state index in [2.05, 4.69) is 5.32 Å². The van der Waals surface area contributed by atoms with Crippen molar-refractivity contribution < 1.29 is 14.3 Å². The second kappa shape index (κ2) is 10.2. The van der Waals surface area contributed by atoms with Gasteiger partial charge in [-0.15, -0.1) is 0 Å². The highest BCUT2D eigenvalue weighted by Gasteiger charge is 2.15. The molecule has 33 heavy (non-hydrogen) atoms. The molecule has 6 nitrogen and oxygen atoms in total. The molecule has 0 atom stereocenters. The number of rotatable bonds is 6. The van der Waals surface area contributed by atoms with E-state index in [4.69, 9.17) is 16.3 Å². The van der Waals surface area contributed by atoms with Crippen LogP contribution >= 0.6 is 11.6 Å². The fourth-order valence-corrected chi connectivity index (χ4v) is 3.78. The molecule has 0 radical (unpaired) electrons. The van der Waals surface area contributed by atoms with Gasteiger partial charge < -0.3 is 14.6 Å². The molecule has 0 fully saturated rings. The standard InChI is InChI=1S/C26H24ClN3O3/c1-5-33-26(32)19-6-9-23(10-7-19)30-17(3)13-20(18(30)4)14-21(15-28)25(31)29-24-11-8-22(27)12-16(24)2/h6-14H,5H2,1-4H3,(H,29,31)/b21-14+. The molecule has 7 heteroatoms. The first-order valence-electron chi connectivity index (χ1n) is 10.4. The van der Waals surface area contributed by atoms with E-state index in [0.717, 1.165) is 28.2 Å². The third-order valence-corrected chi connectivity index (χ3v) is 5.44. The van der Waals surface area contributed by atoms with Gasteiger partial charge >= 0.3 is 5.97 Å². The van der Waals surface area contributed by atoms with Crippen LogP contribution in [-0.4, -0.2) is 23.1 Å². The molecule has 0 aliphatic rings. The van der Waals surface area contributed by atoms with E-state index in [0.29, 0.717) is 22.9 Å². The molecule has 3 rings (SSSR count). The van der Waals surface area contributed by atoms with Gasteiger partial charge in [-0.2, -0.15) is 5.26 Å². The maximum Gasteiger partial charge on any atom is 0.338 e. The first kappa shape index (κ1) is 23.8. The molecule has 1 amide bonds. The predicted octanol–water partition coefficient (Wildman–Crippen LogP) is 5.78. The van der Waals surface area contributed by atoms with E-state index in [-0.39, 0.29) is 11.5 Å². The average molecular weight is 462 g/mol. The summed E-state index contributed by atoms with van der Waals surface area (Å²) < 4.78 is 7.03. The number of esters is 1. The van der Waals surface area contributed by atoms with Crippen molar-refractivity contribution in [2.45, 2.75) is 27.7 Å². The Kier molecular flexibility index (Phi) is 7.37. The minimum Gasteiger partial charge on any atom is -0.462 e. The van der Waals surface area contributed by atoms with Gasteiger partial charge in [-0.3, -0.25) is 4.79 Å². The van der Waals surface area contributed by atoms with Crippen molar-refractivity contribution in [1.82, 2.24) is 4.57 Å². The maximum atomic E-state index is 12.7. The van der Waals surface area contributed by atoms with Gasteiger partial charge in [-0.05, 0) is 93.4 Å². The Morgan fingerprint density at radius 3 is 2.42 bits per heavy atom. The van der Waals surface area contributed by atoms with Gasteiger partial charge in [0.05, 0.1) is 12.2 Å². The minimum atomic E-state index is -0.494. The zero-order valence-electron chi connectivity index (χ0n) is 18.9. The van der Waals surface area contributed by atoms with Gasteiger partial charge in [-0.25, -0.2) is 4.79 Å². The topological polar surface area (TPSA) is 84.1 Å². The van der Waals surface area contributed by atoms with Crippen molar-refractivity contribution in [2.24, 2.45) is 0 Å². The van der Waals surface area contributed by atoms with Crippen LogP contribution in [0.2, 0.25) is 5.02 Å². The summed E-state index contributed by atoms with van der Waals surface area (Å²) in [5.41, 5.74) is 5.26. The summed E-state index contributed by atoms with van der Waals surface area (Å²) >= 11 is 5.97. The van der Waals surface area contributed by atoms with Crippen LogP contribution in [-0.2, 0) is 9.53 Å². The smallest absolute Gasteiger partial charge is 0.338 e. The number of hydrogen-bond donors (Lipinski definition) is 1. The summed E-state index contributed by atoms with van der Waals surface area (Å²) in [6, 6.07) is 16.1. The SMILES string of the molecule is CCOC(=O)c1ccc(-n2c(C)cc(/C=C(\C#N)C(=O)Nc3ccc(Cl)cc3C)c2C)cc1. The number of hydrogen-bond acceptors (Lipinski definition) is 4. The van der Waals surface area contributed by atoms with Crippen LogP contribution < -0.4 is 5.32 Å². The van der Waals surface area contributed by atoms with E-state index in [1.54, 1.807) is 43.3 Å². The van der Waals surface area contributed by atoms with Crippen LogP contribution in [0, 0.1) is 32.1 Å². The molecule has 0 aliphatic heterocycles. The first-order valence-corrected chi connectivity index (χ1v) is 10.8. The van der Waals surface area contributed by atoms with E-state index >= 15 is 0 Å². The molecule has 0 unspecified atom stereocenters. The fraction of sp³-hybridized carbons (Fsp3) is 0.192. The Labute approximate surface area is 198 Å². The summed E-state index contributed by atoms with van der Waals surface area (Å²) in [6.07, 6.45) is 1.58. The molecule has 0 spiro atoms. The third-order valence-electron chi connectivity index (χ3n) is 5.21. The van der Waals surface area contributed by atoms with E-state index < -0.39 is 5.91 Å². The number of halogens is 1. The van der Waals surface area contributed by atoms with Crippen LogP contribution in [0.25, 0.3) is 11.8 Å². The molecule has 1 heterocycles. The lowest BCUT2D eigenvalue weighted by Crippen LogP contribution is -2.14. The Hall–Kier alpha value is -3.82. The second-order valence-corrected chi connectivity index (χ2v) is 7.95. The quantitative estimate of drug-likeness (QED) is 0.286. The number of amides is 1. The van der Waals surface area contributed by atoms with Gasteiger partial charge in [0, 0.05) is 27.8 Å². The normalized spacial score (nSPS) is 11.1. The highest BCUT2D eigenvalue weighted by Crippen LogP contribution is 2.24. The lowest BCUT2D eigenvalue weighted by molar-refractivity contribution is -0.112. The van der Waals surface area contributed by atoms with E-state index in [1.165, 1.54) is 0 Å². The van der Waals surface area contributed by atoms with Crippen molar-refractivity contribution in [3.8, 4) is 11.8 Å². The largest absolute Gasteiger partial charge is 0.462 e. The molecule has 0 bridgehead atoms. The van der Waals surface area contributed by atoms with Crippen molar-refractivity contribution in [1.29, 1.82) is 5.26 Å². The van der Waals surface area contributed by atoms with Crippen LogP contribution in [0.4, 0.5) is 5.69 Å². The Balaban J connectivity index is 1.89. The summed E-state index contributed by atoms with van der Waals surface area (Å²) in [6.45, 7) is 7.76. The monoisotopic (exact) mass is 461 g/mol. The Bertz CT molecular complexity index is 1280. The number of carbonyl (C=O) groups is 2. The highest BCUT2D eigenvalue weighted by molar-refractivity contribution is 6.30. The van der Waals surface area contributed by atoms with E-state index in [1.807, 2.05) is 49.6 Å². The molecule has 0 saturated carbocycles. The summed E-state index contributed by atoms with van der Waals surface area (Å²) in [5, 5.41) is 13.0. The molecular formula is C26H24ClN3O3. The minimum absolute atomic E-state index is 0.0118. The van der Waals surface area contributed by atoms with Crippen LogP contribution in [0.5, 0.6) is 0 Å². The number of nitriles is 1. The number of ether oxygens (including phenoxy) is 1. The van der Waals surface area contributed by atoms with Crippen molar-refractivity contribution >= 4 is 35.2 Å². The molecule has 1 aromatic heterocycles. The first-order chi connectivity index (χ1) is 15.7. The average Bonchev–Trinajstić information content (AvgIpc) is 3.06. The van der Waals surface area contributed by atoms with Crippen molar-refractivity contribution in [3.63, 3.8) is 0 Å². The van der Waals surface area contributed by atoms with Crippen molar-refractivity contribution in [3.05, 3.63) is 87.2 Å². The zero-order chi connectivity index (χ0) is 24.1. The molecule has 168 valence electrons. The Morgan fingerprint density at radius 2 is 1.82 bits per heavy atom. The molecular weight excluding hydrogens is 438 g/mol. The molecule has 0 saturated heterocycles. The number of nitrogens with zero attached hydrogens (tertiary/aromatic N) is 2. The maximum absolute atomic E-state index is 12.7. The van der Waals surface area contributed by atoms with Crippen LogP contribution in [0.1, 0.15) is 39.8 Å². The fourth-order valence-electron chi connectivity index (χ4n) is 3.55. The highest BCUT2D eigenvalue weighted by atomic mass is 35.5. The number of anilines is 1. The number of nitrogens with one attached hydrogen (secondary N) is 1. The molecule has 0 aliphatic carbocycles. The Morgan fingerprint density at radius 1 is 1.12 bits per heavy atom. The van der Waals surface area contributed by atoms with Crippen LogP contribution in [0.15, 0.2) is 54.1 Å². The van der Waals surface area contributed by atoms with E-state index in [9.17, 15) is 14.9 Å². The number of aromatic nitrogens is 1. The van der Waals surface area contributed by atoms with Gasteiger partial charge in [0.1, 0.15) is 11.6 Å². The number of aryl methyl sites for hydroxylation is 2. The van der Waals surface area contributed by atoms with Gasteiger partial charge in [0.15, 0.2) is 0 Å². The second-order valence-electron chi connectivity index (χ2n) is 7.51. The zero-order valence-corrected chi connectivity index (χ0v) is 19.7. The molecule has 3 aromatic rings. The van der Waals surface area contributed by atoms with Crippen LogP contribution in [0.3, 0.4) is 0 Å². The summed E-state index contributed by atoms with van der Waals surface area (Å²) in [5.74, 6) is -0.860. The lowest BCUT2D eigenvalue weighted by Gasteiger charge is -2.11. The summed E-state index contributed by atoms with van der Waals surface area (Å²) in [4.78, 5) is 24.6. The van der Waals surface area contributed by atoms with Gasteiger partial charge in [0.2, 0.25) is 0 Å². The number of carbonyl (C=O) groups excluding carboxylic acids is 2. The molecule has 2 aromatic carbocycles. The summed E-state index contributed by atoms with van der Waals surface area (Å²) in [7, 11) is 0. The molecule has 1 N–H and O–H groups in total. The van der Waals surface area contributed by atoms with Gasteiger partial charge in [0.25, 0.3) is 5.91 Å². The van der Waals surface area contributed by atoms with Crippen molar-refractivity contribution in [2.75, 3.05) is 11.9 Å². The van der Waals surface area contributed by atoms with Gasteiger partial charge in [-0.1, -0.05) is 11.6 Å².